The second-order valence-corrected chi connectivity index (χ2v) is 9.48. The lowest BCUT2D eigenvalue weighted by Crippen LogP contribution is -2.48. The summed E-state index contributed by atoms with van der Waals surface area (Å²) in [6.07, 6.45) is 2.47. The number of hydrogen-bond donors (Lipinski definition) is 1. The third kappa shape index (κ3) is 5.30. The quantitative estimate of drug-likeness (QED) is 0.464. The van der Waals surface area contributed by atoms with Gasteiger partial charge in [0.2, 0.25) is 0 Å². The van der Waals surface area contributed by atoms with Crippen LogP contribution >= 0.6 is 0 Å². The number of nitrogens with zero attached hydrogens (tertiary/aromatic N) is 3. The highest BCUT2D eigenvalue weighted by Crippen LogP contribution is 2.42. The fraction of sp³-hybridized carbons (Fsp3) is 0.346. The summed E-state index contributed by atoms with van der Waals surface area (Å²) < 4.78 is 50.9. The maximum absolute atomic E-state index is 15.4. The van der Waals surface area contributed by atoms with Gasteiger partial charge in [0.05, 0.1) is 6.04 Å². The number of carbonyl (C=O) groups is 1. The molecule has 2 heterocycles. The van der Waals surface area contributed by atoms with Crippen LogP contribution in [0, 0.1) is 18.6 Å². The molecule has 0 saturated carbocycles. The molecule has 2 unspecified atom stereocenters. The van der Waals surface area contributed by atoms with Gasteiger partial charge in [-0.2, -0.15) is 4.98 Å². The predicted octanol–water partition coefficient (Wildman–Crippen LogP) is 5.51. The summed E-state index contributed by atoms with van der Waals surface area (Å²) in [5.74, 6) is -2.07. The Kier molecular flexibility index (Phi) is 6.55. The third-order valence-corrected chi connectivity index (χ3v) is 5.98. The predicted molar refractivity (Wildman–Crippen MR) is 124 cm³/mol. The summed E-state index contributed by atoms with van der Waals surface area (Å²) >= 11 is 0. The molecule has 0 spiro atoms. The summed E-state index contributed by atoms with van der Waals surface area (Å²) in [6, 6.07) is 6.43. The van der Waals surface area contributed by atoms with Crippen molar-refractivity contribution in [1.29, 1.82) is 0 Å². The highest BCUT2D eigenvalue weighted by atomic mass is 19.1. The van der Waals surface area contributed by atoms with Crippen LogP contribution in [0.2, 0.25) is 0 Å². The molecule has 2 atom stereocenters. The Bertz CT molecular complexity index is 1270. The van der Waals surface area contributed by atoms with Gasteiger partial charge in [-0.1, -0.05) is 11.2 Å². The monoisotopic (exact) mass is 485 g/mol. The van der Waals surface area contributed by atoms with Gasteiger partial charge < -0.3 is 9.63 Å². The van der Waals surface area contributed by atoms with Crippen molar-refractivity contribution in [3.8, 4) is 11.5 Å². The number of alkyl halides is 1. The average molecular weight is 486 g/mol. The van der Waals surface area contributed by atoms with Crippen molar-refractivity contribution < 1.29 is 27.6 Å². The fourth-order valence-corrected chi connectivity index (χ4v) is 4.60. The number of halogens is 3. The number of fused-ring (bicyclic) bond motifs is 1. The van der Waals surface area contributed by atoms with Crippen molar-refractivity contribution in [2.45, 2.75) is 51.9 Å². The van der Waals surface area contributed by atoms with Gasteiger partial charge in [0.25, 0.3) is 5.89 Å². The summed E-state index contributed by atoms with van der Waals surface area (Å²) in [6.45, 7) is 6.42. The van der Waals surface area contributed by atoms with Gasteiger partial charge in [0, 0.05) is 29.8 Å². The second kappa shape index (κ2) is 9.30. The third-order valence-electron chi connectivity index (χ3n) is 5.98. The smallest absolute Gasteiger partial charge is 0.328 e. The van der Waals surface area contributed by atoms with E-state index in [-0.39, 0.29) is 23.7 Å². The topological polar surface area (TPSA) is 79.5 Å². The molecule has 9 heteroatoms. The normalized spacial score (nSPS) is 18.7. The summed E-state index contributed by atoms with van der Waals surface area (Å²) in [7, 11) is 0. The van der Waals surface area contributed by atoms with Gasteiger partial charge in [0.15, 0.2) is 5.82 Å². The molecule has 0 bridgehead atoms. The van der Waals surface area contributed by atoms with Crippen molar-refractivity contribution >= 4 is 12.0 Å². The van der Waals surface area contributed by atoms with Crippen LogP contribution in [0.15, 0.2) is 40.9 Å². The van der Waals surface area contributed by atoms with E-state index in [1.54, 1.807) is 24.0 Å². The lowest BCUT2D eigenvalue weighted by Gasteiger charge is -2.44. The van der Waals surface area contributed by atoms with Gasteiger partial charge in [-0.25, -0.2) is 18.0 Å². The Labute approximate surface area is 201 Å². The van der Waals surface area contributed by atoms with E-state index in [2.05, 4.69) is 10.1 Å². The molecule has 0 amide bonds. The van der Waals surface area contributed by atoms with Crippen molar-refractivity contribution in [3.63, 3.8) is 0 Å². The zero-order valence-electron chi connectivity index (χ0n) is 19.8. The van der Waals surface area contributed by atoms with Crippen LogP contribution in [-0.4, -0.2) is 44.4 Å². The van der Waals surface area contributed by atoms with E-state index in [1.165, 1.54) is 13.8 Å². The number of rotatable bonds is 6. The summed E-state index contributed by atoms with van der Waals surface area (Å²) in [4.78, 5) is 16.8. The van der Waals surface area contributed by atoms with Crippen molar-refractivity contribution in [1.82, 2.24) is 15.0 Å². The summed E-state index contributed by atoms with van der Waals surface area (Å²) in [5.41, 5.74) is 0.439. The highest BCUT2D eigenvalue weighted by molar-refractivity contribution is 5.85. The van der Waals surface area contributed by atoms with Crippen LogP contribution in [0.25, 0.3) is 17.5 Å². The van der Waals surface area contributed by atoms with Gasteiger partial charge in [0.1, 0.15) is 17.3 Å². The van der Waals surface area contributed by atoms with Crippen LogP contribution in [-0.2, 0) is 11.2 Å². The largest absolute Gasteiger partial charge is 0.478 e. The molecule has 2 aromatic carbocycles. The Morgan fingerprint density at radius 3 is 2.51 bits per heavy atom. The van der Waals surface area contributed by atoms with E-state index in [9.17, 15) is 9.18 Å². The van der Waals surface area contributed by atoms with Gasteiger partial charge >= 0.3 is 5.97 Å². The number of aliphatic carboxylic acids is 1. The molecule has 1 N–H and O–H groups in total. The van der Waals surface area contributed by atoms with Crippen LogP contribution in [0.5, 0.6) is 0 Å². The van der Waals surface area contributed by atoms with E-state index < -0.39 is 29.3 Å². The molecule has 3 aromatic rings. The number of aromatic nitrogens is 2. The summed E-state index contributed by atoms with van der Waals surface area (Å²) in [5, 5.41) is 12.6. The molecule has 35 heavy (non-hydrogen) atoms. The lowest BCUT2D eigenvalue weighted by molar-refractivity contribution is -0.131. The fourth-order valence-electron chi connectivity index (χ4n) is 4.60. The van der Waals surface area contributed by atoms with Crippen LogP contribution in [0.4, 0.5) is 13.2 Å². The molecule has 1 aromatic heterocycles. The molecule has 6 nitrogen and oxygen atoms in total. The van der Waals surface area contributed by atoms with E-state index in [0.29, 0.717) is 29.3 Å². The minimum Gasteiger partial charge on any atom is -0.478 e. The lowest BCUT2D eigenvalue weighted by atomic mass is 9.83. The highest BCUT2D eigenvalue weighted by Gasteiger charge is 2.39. The van der Waals surface area contributed by atoms with E-state index in [0.717, 1.165) is 29.8 Å². The Balaban J connectivity index is 1.86. The Hall–Kier alpha value is -3.46. The van der Waals surface area contributed by atoms with E-state index in [4.69, 9.17) is 9.63 Å². The molecule has 0 radical (unpaired) electrons. The number of carboxylic acid groups (broad SMARTS) is 1. The minimum atomic E-state index is -1.61. The first kappa shape index (κ1) is 24.7. The second-order valence-electron chi connectivity index (χ2n) is 9.48. The molecular formula is C26H26F3N3O3. The minimum absolute atomic E-state index is 0.0393. The number of hydrogen-bond acceptors (Lipinski definition) is 5. The standard InChI is InChI=1S/C26H26F3N3O3/c1-14-9-18-12-17(25-30-15(2)31-35-25)6-7-19(18)24(32(14)13-26(3,4)29)23-20(27)10-16(11-21(23)28)5-8-22(33)34/h5-8,10-12,14,24H,9,13H2,1-4H3,(H,33,34)/b8-5+. The zero-order valence-corrected chi connectivity index (χ0v) is 19.8. The van der Waals surface area contributed by atoms with Crippen LogP contribution in [0.1, 0.15) is 54.9 Å². The molecule has 0 saturated heterocycles. The molecule has 0 aliphatic carbocycles. The first-order valence-corrected chi connectivity index (χ1v) is 11.2. The number of carboxylic acids is 1. The molecule has 0 fully saturated rings. The zero-order chi connectivity index (χ0) is 25.5. The van der Waals surface area contributed by atoms with Gasteiger partial charge in [-0.15, -0.1) is 0 Å². The van der Waals surface area contributed by atoms with Crippen molar-refractivity contribution in [3.05, 3.63) is 76.1 Å². The molecule has 1 aliphatic rings. The SMILES string of the molecule is Cc1noc(-c2ccc3c(c2)CC(C)N(CC(C)(C)F)C3c2c(F)cc(/C=C/C(=O)O)cc2F)n1. The first-order valence-electron chi connectivity index (χ1n) is 11.2. The van der Waals surface area contributed by atoms with Gasteiger partial charge in [-0.05, 0) is 81.1 Å². The van der Waals surface area contributed by atoms with Crippen molar-refractivity contribution in [2.24, 2.45) is 0 Å². The molecule has 1 aliphatic heterocycles. The molecule has 4 rings (SSSR count). The van der Waals surface area contributed by atoms with E-state index in [1.807, 2.05) is 13.0 Å². The Morgan fingerprint density at radius 1 is 1.26 bits per heavy atom. The Morgan fingerprint density at radius 2 is 1.94 bits per heavy atom. The van der Waals surface area contributed by atoms with E-state index >= 15 is 8.78 Å². The number of aryl methyl sites for hydroxylation is 1. The number of benzene rings is 2. The first-order chi connectivity index (χ1) is 16.4. The van der Waals surface area contributed by atoms with Crippen LogP contribution < -0.4 is 0 Å². The van der Waals surface area contributed by atoms with Gasteiger partial charge in [-0.3, -0.25) is 4.90 Å². The maximum atomic E-state index is 15.4. The molecular weight excluding hydrogens is 459 g/mol. The average Bonchev–Trinajstić information content (AvgIpc) is 3.19. The van der Waals surface area contributed by atoms with Crippen molar-refractivity contribution in [2.75, 3.05) is 6.54 Å². The van der Waals surface area contributed by atoms with Crippen LogP contribution in [0.3, 0.4) is 0 Å². The molecule has 184 valence electrons. The maximum Gasteiger partial charge on any atom is 0.328 e.